The highest BCUT2D eigenvalue weighted by Crippen LogP contribution is 2.39. The molecule has 0 aliphatic carbocycles. The van der Waals surface area contributed by atoms with Gasteiger partial charge in [0.1, 0.15) is 0 Å². The molecule has 2 fully saturated rings. The van der Waals surface area contributed by atoms with Gasteiger partial charge in [0.15, 0.2) is 0 Å². The maximum atomic E-state index is 6.05. The van der Waals surface area contributed by atoms with Gasteiger partial charge < -0.3 is 10.5 Å². The van der Waals surface area contributed by atoms with Crippen molar-refractivity contribution in [1.29, 1.82) is 0 Å². The van der Waals surface area contributed by atoms with Crippen molar-refractivity contribution >= 4 is 11.8 Å². The Balaban J connectivity index is 2.09. The highest BCUT2D eigenvalue weighted by atomic mass is 32.2. The molecule has 0 amide bonds. The lowest BCUT2D eigenvalue weighted by Gasteiger charge is -2.42. The molecule has 2 aliphatic rings. The summed E-state index contributed by atoms with van der Waals surface area (Å²) < 4.78 is 5.67. The first-order valence-electron chi connectivity index (χ1n) is 6.25. The van der Waals surface area contributed by atoms with Crippen LogP contribution in [-0.2, 0) is 4.74 Å². The number of rotatable bonds is 3. The fourth-order valence-electron chi connectivity index (χ4n) is 3.06. The monoisotopic (exact) mass is 244 g/mol. The molecule has 4 atom stereocenters. The normalized spacial score (nSPS) is 44.4. The molecule has 16 heavy (non-hydrogen) atoms. The third-order valence-electron chi connectivity index (χ3n) is 4.27. The number of nitrogens with zero attached hydrogens (tertiary/aromatic N) is 1. The van der Waals surface area contributed by atoms with Gasteiger partial charge in [-0.1, -0.05) is 6.92 Å². The number of ether oxygens (including phenoxy) is 1. The van der Waals surface area contributed by atoms with E-state index in [4.69, 9.17) is 10.5 Å². The summed E-state index contributed by atoms with van der Waals surface area (Å²) in [4.78, 5) is 2.52. The molecule has 2 aliphatic heterocycles. The molecule has 0 aromatic rings. The molecular weight excluding hydrogens is 220 g/mol. The predicted molar refractivity (Wildman–Crippen MR) is 69.9 cm³/mol. The van der Waals surface area contributed by atoms with E-state index in [1.54, 1.807) is 0 Å². The van der Waals surface area contributed by atoms with Gasteiger partial charge >= 0.3 is 0 Å². The topological polar surface area (TPSA) is 38.5 Å². The van der Waals surface area contributed by atoms with Crippen LogP contribution in [0.1, 0.15) is 26.7 Å². The van der Waals surface area contributed by atoms with Crippen LogP contribution >= 0.6 is 11.8 Å². The number of likely N-dealkylation sites (N-methyl/N-ethyl adjacent to an activating group) is 1. The minimum Gasteiger partial charge on any atom is -0.377 e. The van der Waals surface area contributed by atoms with Gasteiger partial charge in [-0.3, -0.25) is 4.90 Å². The fourth-order valence-corrected chi connectivity index (χ4v) is 4.53. The second-order valence-electron chi connectivity index (χ2n) is 5.30. The van der Waals surface area contributed by atoms with Crippen molar-refractivity contribution in [2.75, 3.05) is 26.0 Å². The minimum atomic E-state index is 0.205. The SMILES string of the molecule is CC1CC(CN)(N(C)C2CCOC2C)CS1. The lowest BCUT2D eigenvalue weighted by Crippen LogP contribution is -2.57. The molecular formula is C12H24N2OS. The summed E-state index contributed by atoms with van der Waals surface area (Å²) >= 11 is 2.05. The van der Waals surface area contributed by atoms with E-state index < -0.39 is 0 Å². The van der Waals surface area contributed by atoms with E-state index in [2.05, 4.69) is 37.6 Å². The molecule has 0 bridgehead atoms. The zero-order chi connectivity index (χ0) is 11.8. The largest absolute Gasteiger partial charge is 0.377 e. The number of nitrogens with two attached hydrogens (primary N) is 1. The van der Waals surface area contributed by atoms with Crippen molar-refractivity contribution in [3.63, 3.8) is 0 Å². The molecule has 0 aromatic heterocycles. The van der Waals surface area contributed by atoms with E-state index >= 15 is 0 Å². The van der Waals surface area contributed by atoms with Crippen LogP contribution in [0.4, 0.5) is 0 Å². The van der Waals surface area contributed by atoms with E-state index in [9.17, 15) is 0 Å². The van der Waals surface area contributed by atoms with Crippen molar-refractivity contribution in [3.8, 4) is 0 Å². The maximum absolute atomic E-state index is 6.05. The standard InChI is InChI=1S/C12H24N2OS/c1-9-6-12(7-13,8-16-9)14(3)11-4-5-15-10(11)2/h9-11H,4-8,13H2,1-3H3. The van der Waals surface area contributed by atoms with E-state index in [-0.39, 0.29) is 5.54 Å². The van der Waals surface area contributed by atoms with Crippen molar-refractivity contribution in [2.45, 2.75) is 49.6 Å². The Bertz CT molecular complexity index is 251. The number of hydrogen-bond donors (Lipinski definition) is 1. The molecule has 2 saturated heterocycles. The van der Waals surface area contributed by atoms with E-state index in [0.717, 1.165) is 24.8 Å². The summed E-state index contributed by atoms with van der Waals surface area (Å²) in [7, 11) is 2.24. The first kappa shape index (κ1) is 12.7. The Morgan fingerprint density at radius 3 is 2.69 bits per heavy atom. The van der Waals surface area contributed by atoms with Gasteiger partial charge in [0.05, 0.1) is 6.10 Å². The van der Waals surface area contributed by atoms with Gasteiger partial charge in [-0.05, 0) is 26.8 Å². The Morgan fingerprint density at radius 2 is 2.25 bits per heavy atom. The van der Waals surface area contributed by atoms with Gasteiger partial charge in [0, 0.05) is 35.7 Å². The highest BCUT2D eigenvalue weighted by Gasteiger charge is 2.45. The summed E-state index contributed by atoms with van der Waals surface area (Å²) in [5.74, 6) is 1.17. The third kappa shape index (κ3) is 2.13. The quantitative estimate of drug-likeness (QED) is 0.812. The van der Waals surface area contributed by atoms with Crippen LogP contribution in [0.25, 0.3) is 0 Å². The van der Waals surface area contributed by atoms with Crippen LogP contribution < -0.4 is 5.73 Å². The molecule has 94 valence electrons. The van der Waals surface area contributed by atoms with Gasteiger partial charge in [-0.25, -0.2) is 0 Å². The van der Waals surface area contributed by atoms with Crippen LogP contribution in [0, 0.1) is 0 Å². The Morgan fingerprint density at radius 1 is 1.50 bits per heavy atom. The molecule has 4 unspecified atom stereocenters. The van der Waals surface area contributed by atoms with Crippen molar-refractivity contribution in [2.24, 2.45) is 5.73 Å². The average molecular weight is 244 g/mol. The van der Waals surface area contributed by atoms with Crippen LogP contribution in [0.2, 0.25) is 0 Å². The van der Waals surface area contributed by atoms with Gasteiger partial charge in [0.2, 0.25) is 0 Å². The Hall–Kier alpha value is 0.230. The predicted octanol–water partition coefficient (Wildman–Crippen LogP) is 1.32. The summed E-state index contributed by atoms with van der Waals surface area (Å²) in [6.07, 6.45) is 2.72. The highest BCUT2D eigenvalue weighted by molar-refractivity contribution is 8.00. The average Bonchev–Trinajstić information content (AvgIpc) is 2.84. The molecule has 0 aromatic carbocycles. The minimum absolute atomic E-state index is 0.205. The summed E-state index contributed by atoms with van der Waals surface area (Å²) in [6, 6.07) is 0.550. The molecule has 2 rings (SSSR count). The van der Waals surface area contributed by atoms with Crippen molar-refractivity contribution in [1.82, 2.24) is 4.90 Å². The zero-order valence-corrected chi connectivity index (χ0v) is 11.4. The molecule has 0 spiro atoms. The lowest BCUT2D eigenvalue weighted by atomic mass is 9.91. The van der Waals surface area contributed by atoms with Gasteiger partial charge in [-0.2, -0.15) is 11.8 Å². The lowest BCUT2D eigenvalue weighted by molar-refractivity contribution is 0.0375. The summed E-state index contributed by atoms with van der Waals surface area (Å²) in [5, 5.41) is 0.739. The van der Waals surface area contributed by atoms with Crippen LogP contribution in [0.5, 0.6) is 0 Å². The summed E-state index contributed by atoms with van der Waals surface area (Å²) in [6.45, 7) is 6.16. The second-order valence-corrected chi connectivity index (χ2v) is 6.72. The van der Waals surface area contributed by atoms with Crippen molar-refractivity contribution in [3.05, 3.63) is 0 Å². The van der Waals surface area contributed by atoms with E-state index in [0.29, 0.717) is 12.1 Å². The second kappa shape index (κ2) is 4.84. The summed E-state index contributed by atoms with van der Waals surface area (Å²) in [5.41, 5.74) is 6.25. The number of thioether (sulfide) groups is 1. The first-order chi connectivity index (χ1) is 7.59. The zero-order valence-electron chi connectivity index (χ0n) is 10.6. The molecule has 4 heteroatoms. The Labute approximate surface area is 103 Å². The molecule has 2 N–H and O–H groups in total. The fraction of sp³-hybridized carbons (Fsp3) is 1.00. The molecule has 0 saturated carbocycles. The molecule has 0 radical (unpaired) electrons. The van der Waals surface area contributed by atoms with E-state index in [1.807, 2.05) is 0 Å². The van der Waals surface area contributed by atoms with Crippen LogP contribution in [-0.4, -0.2) is 53.8 Å². The third-order valence-corrected chi connectivity index (χ3v) is 5.71. The van der Waals surface area contributed by atoms with Gasteiger partial charge in [-0.15, -0.1) is 0 Å². The van der Waals surface area contributed by atoms with Crippen LogP contribution in [0.15, 0.2) is 0 Å². The Kier molecular flexibility index (Phi) is 3.84. The van der Waals surface area contributed by atoms with Gasteiger partial charge in [0.25, 0.3) is 0 Å². The maximum Gasteiger partial charge on any atom is 0.0703 e. The number of hydrogen-bond acceptors (Lipinski definition) is 4. The molecule has 3 nitrogen and oxygen atoms in total. The van der Waals surface area contributed by atoms with Crippen LogP contribution in [0.3, 0.4) is 0 Å². The first-order valence-corrected chi connectivity index (χ1v) is 7.30. The van der Waals surface area contributed by atoms with Crippen molar-refractivity contribution < 1.29 is 4.74 Å². The molecule has 2 heterocycles. The van der Waals surface area contributed by atoms with E-state index in [1.165, 1.54) is 12.2 Å². The smallest absolute Gasteiger partial charge is 0.0703 e.